The van der Waals surface area contributed by atoms with E-state index >= 15 is 0 Å². The number of halogens is 2. The molecule has 0 bridgehead atoms. The van der Waals surface area contributed by atoms with Gasteiger partial charge in [0, 0.05) is 0 Å². The Morgan fingerprint density at radius 2 is 1.76 bits per heavy atom. The summed E-state index contributed by atoms with van der Waals surface area (Å²) in [6.45, 7) is 0. The summed E-state index contributed by atoms with van der Waals surface area (Å²) in [5.74, 6) is -1.09. The van der Waals surface area contributed by atoms with Crippen LogP contribution < -0.4 is 15.6 Å². The monoisotopic (exact) mass is 431 g/mol. The molecule has 3 aromatic rings. The number of ketones is 1. The lowest BCUT2D eigenvalue weighted by atomic mass is 9.77. The van der Waals surface area contributed by atoms with Crippen LogP contribution in [-0.4, -0.2) is 31.2 Å². The van der Waals surface area contributed by atoms with Gasteiger partial charge in [-0.25, -0.2) is 4.68 Å². The van der Waals surface area contributed by atoms with Crippen molar-refractivity contribution in [3.05, 3.63) is 76.1 Å². The van der Waals surface area contributed by atoms with E-state index in [-0.39, 0.29) is 11.4 Å². The fourth-order valence-corrected chi connectivity index (χ4v) is 4.36. The predicted molar refractivity (Wildman–Crippen MR) is 108 cm³/mol. The van der Waals surface area contributed by atoms with Crippen molar-refractivity contribution >= 4 is 34.8 Å². The van der Waals surface area contributed by atoms with Gasteiger partial charge in [0.15, 0.2) is 16.3 Å². The number of aliphatic hydroxyl groups is 1. The number of rotatable bonds is 2. The number of nitrogens with zero attached hydrogens (tertiary/aromatic N) is 1. The molecule has 9 heteroatoms. The molecule has 3 heterocycles. The van der Waals surface area contributed by atoms with Crippen molar-refractivity contribution in [2.75, 3.05) is 5.32 Å². The number of nitrogens with one attached hydrogen (secondary N) is 2. The summed E-state index contributed by atoms with van der Waals surface area (Å²) in [4.78, 5) is 25.1. The highest BCUT2D eigenvalue weighted by atomic mass is 35.5. The Kier molecular flexibility index (Phi) is 4.03. The maximum Gasteiger partial charge on any atom is 0.280 e. The molecule has 3 unspecified atom stereocenters. The summed E-state index contributed by atoms with van der Waals surface area (Å²) in [5.41, 5.74) is -1.36. The minimum atomic E-state index is -2.04. The van der Waals surface area contributed by atoms with Crippen LogP contribution in [0.5, 0.6) is 5.75 Å². The third-order valence-electron chi connectivity index (χ3n) is 5.35. The second kappa shape index (κ2) is 6.38. The molecule has 3 N–H and O–H groups in total. The topological polar surface area (TPSA) is 96.4 Å². The van der Waals surface area contributed by atoms with Gasteiger partial charge in [0.05, 0.1) is 11.3 Å². The van der Waals surface area contributed by atoms with Gasteiger partial charge in [0.25, 0.3) is 5.56 Å². The largest absolute Gasteiger partial charge is 0.484 e. The Bertz CT molecular complexity index is 1170. The second-order valence-corrected chi connectivity index (χ2v) is 8.10. The number of benzene rings is 2. The molecule has 7 nitrogen and oxygen atoms in total. The molecule has 1 aromatic heterocycles. The van der Waals surface area contributed by atoms with Gasteiger partial charge in [-0.15, -0.1) is 0 Å². The number of aromatic nitrogens is 2. The third kappa shape index (κ3) is 2.55. The average molecular weight is 432 g/mol. The summed E-state index contributed by atoms with van der Waals surface area (Å²) >= 11 is 12.2. The van der Waals surface area contributed by atoms with Gasteiger partial charge in [0.1, 0.15) is 29.2 Å². The van der Waals surface area contributed by atoms with E-state index < -0.39 is 33.9 Å². The van der Waals surface area contributed by atoms with E-state index in [0.717, 1.165) is 0 Å². The summed E-state index contributed by atoms with van der Waals surface area (Å²) in [5, 5.41) is 17.0. The molecule has 5 rings (SSSR count). The molecule has 148 valence electrons. The molecular formula is C20H15Cl2N3O4. The molecule has 3 atom stereocenters. The van der Waals surface area contributed by atoms with Crippen LogP contribution in [-0.2, 0) is 0 Å². The van der Waals surface area contributed by atoms with E-state index in [2.05, 4.69) is 10.4 Å². The van der Waals surface area contributed by atoms with Gasteiger partial charge < -0.3 is 15.2 Å². The highest BCUT2D eigenvalue weighted by Gasteiger charge is 2.59. The molecule has 0 radical (unpaired) electrons. The molecule has 2 aromatic carbocycles. The zero-order valence-electron chi connectivity index (χ0n) is 14.8. The van der Waals surface area contributed by atoms with E-state index in [4.69, 9.17) is 27.9 Å². The number of carbonyl (C=O) groups excluding carboxylic acids is 1. The van der Waals surface area contributed by atoms with Crippen molar-refractivity contribution in [2.24, 2.45) is 5.92 Å². The fraction of sp³-hybridized carbons (Fsp3) is 0.200. The highest BCUT2D eigenvalue weighted by Crippen LogP contribution is 2.49. The summed E-state index contributed by atoms with van der Waals surface area (Å²) < 4.78 is 7.35. The van der Waals surface area contributed by atoms with E-state index in [1.807, 2.05) is 6.07 Å². The van der Waals surface area contributed by atoms with Crippen molar-refractivity contribution in [3.8, 4) is 11.4 Å². The molecule has 0 saturated heterocycles. The Labute approximate surface area is 174 Å². The zero-order chi connectivity index (χ0) is 20.3. The van der Waals surface area contributed by atoms with Gasteiger partial charge >= 0.3 is 0 Å². The van der Waals surface area contributed by atoms with E-state index in [0.29, 0.717) is 17.0 Å². The molecule has 2 aliphatic rings. The Balaban J connectivity index is 1.74. The Morgan fingerprint density at radius 3 is 2.48 bits per heavy atom. The minimum Gasteiger partial charge on any atom is -0.484 e. The predicted octanol–water partition coefficient (Wildman–Crippen LogP) is 3.02. The number of H-pyrrole nitrogens is 1. The summed E-state index contributed by atoms with van der Waals surface area (Å²) in [6.07, 6.45) is -1.06. The number of ether oxygens (including phenoxy) is 1. The molecular weight excluding hydrogens is 417 g/mol. The number of anilines is 1. The lowest BCUT2D eigenvalue weighted by molar-refractivity contribution is -0.0356. The first-order valence-corrected chi connectivity index (χ1v) is 9.78. The van der Waals surface area contributed by atoms with Crippen LogP contribution in [0.4, 0.5) is 5.82 Å². The molecule has 0 aliphatic carbocycles. The first kappa shape index (κ1) is 18.3. The smallest absolute Gasteiger partial charge is 0.280 e. The first-order valence-electron chi connectivity index (χ1n) is 8.91. The van der Waals surface area contributed by atoms with Gasteiger partial charge in [-0.1, -0.05) is 53.5 Å². The maximum absolute atomic E-state index is 13.3. The number of fused-ring (bicyclic) bond motifs is 4. The SMILES string of the molecule is O=C1c2ccccc2OC2c3c([nH]n(-c4ccccc4)c3=O)NC(O)(C(Cl)Cl)C12. The van der Waals surface area contributed by atoms with Crippen LogP contribution in [0.1, 0.15) is 22.0 Å². The minimum absolute atomic E-state index is 0.195. The molecule has 2 aliphatic heterocycles. The number of Topliss-reactive ketones (excluding diaryl/α,β-unsaturated/α-hetero) is 1. The Hall–Kier alpha value is -2.74. The van der Waals surface area contributed by atoms with Gasteiger partial charge in [0.2, 0.25) is 0 Å². The van der Waals surface area contributed by atoms with E-state index in [9.17, 15) is 14.7 Å². The second-order valence-electron chi connectivity index (χ2n) is 7.00. The number of para-hydroxylation sites is 2. The van der Waals surface area contributed by atoms with E-state index in [1.54, 1.807) is 48.5 Å². The summed E-state index contributed by atoms with van der Waals surface area (Å²) in [6, 6.07) is 15.6. The van der Waals surface area contributed by atoms with Crippen LogP contribution in [0.3, 0.4) is 0 Å². The molecule has 0 fully saturated rings. The maximum atomic E-state index is 13.3. The van der Waals surface area contributed by atoms with E-state index in [1.165, 1.54) is 4.68 Å². The lowest BCUT2D eigenvalue weighted by Crippen LogP contribution is -2.60. The Morgan fingerprint density at radius 1 is 1.07 bits per heavy atom. The normalized spacial score (nSPS) is 24.9. The number of hydrogen-bond acceptors (Lipinski definition) is 5. The van der Waals surface area contributed by atoms with Crippen molar-refractivity contribution < 1.29 is 14.6 Å². The lowest BCUT2D eigenvalue weighted by Gasteiger charge is -2.46. The quantitative estimate of drug-likeness (QED) is 0.541. The van der Waals surface area contributed by atoms with Crippen molar-refractivity contribution in [1.29, 1.82) is 0 Å². The fourth-order valence-electron chi connectivity index (χ4n) is 3.98. The van der Waals surface area contributed by atoms with Gasteiger partial charge in [-0.2, -0.15) is 0 Å². The van der Waals surface area contributed by atoms with Gasteiger partial charge in [-0.05, 0) is 24.3 Å². The number of alkyl halides is 2. The van der Waals surface area contributed by atoms with Crippen molar-refractivity contribution in [3.63, 3.8) is 0 Å². The van der Waals surface area contributed by atoms with Crippen LogP contribution in [0, 0.1) is 5.92 Å². The van der Waals surface area contributed by atoms with Crippen molar-refractivity contribution in [2.45, 2.75) is 16.7 Å². The van der Waals surface area contributed by atoms with Crippen LogP contribution >= 0.6 is 23.2 Å². The van der Waals surface area contributed by atoms with Crippen LogP contribution in [0.25, 0.3) is 5.69 Å². The van der Waals surface area contributed by atoms with Crippen LogP contribution in [0.2, 0.25) is 0 Å². The standard InChI is InChI=1S/C20H15Cl2N3O4/c21-19(22)20(28)14-15(26)11-8-4-5-9-12(11)29-16(14)13-17(23-20)24-25(18(13)27)10-6-2-1-3-7-10/h1-9,14,16,19,23-24,28H. The number of carbonyl (C=O) groups is 1. The van der Waals surface area contributed by atoms with Crippen LogP contribution in [0.15, 0.2) is 59.4 Å². The molecule has 0 amide bonds. The molecule has 0 spiro atoms. The molecule has 29 heavy (non-hydrogen) atoms. The number of hydrogen-bond donors (Lipinski definition) is 3. The number of aromatic amines is 1. The third-order valence-corrected chi connectivity index (χ3v) is 6.01. The van der Waals surface area contributed by atoms with Crippen molar-refractivity contribution in [1.82, 2.24) is 9.78 Å². The average Bonchev–Trinajstić information content (AvgIpc) is 3.04. The van der Waals surface area contributed by atoms with Gasteiger partial charge in [-0.3, -0.25) is 14.7 Å². The molecule has 0 saturated carbocycles. The highest BCUT2D eigenvalue weighted by molar-refractivity contribution is 6.45. The summed E-state index contributed by atoms with van der Waals surface area (Å²) in [7, 11) is 0. The zero-order valence-corrected chi connectivity index (χ0v) is 16.3. The first-order chi connectivity index (χ1) is 13.9.